The van der Waals surface area contributed by atoms with E-state index in [1.807, 2.05) is 0 Å². The first-order chi connectivity index (χ1) is 9.86. The van der Waals surface area contributed by atoms with E-state index < -0.39 is 0 Å². The van der Waals surface area contributed by atoms with Crippen molar-refractivity contribution in [2.24, 2.45) is 11.3 Å². The molecule has 1 aromatic carbocycles. The average Bonchev–Trinajstić information content (AvgIpc) is 2.64. The topological polar surface area (TPSA) is 12.0 Å². The standard InChI is InChI=1S/C19H30BrN/c1-14(15-7-5-9-17(20)13-15)21-18-10-6-8-16(11-12-18)19(2,3)4/h5,7,9,13-14,16,18,21H,6,8,10-12H2,1-4H3/t14-,16?,18?/m1/s1. The maximum absolute atomic E-state index is 3.85. The first-order valence-electron chi connectivity index (χ1n) is 8.38. The number of hydrogen-bond donors (Lipinski definition) is 1. The minimum absolute atomic E-state index is 0.429. The number of rotatable bonds is 3. The number of halogens is 1. The summed E-state index contributed by atoms with van der Waals surface area (Å²) in [4.78, 5) is 0. The number of benzene rings is 1. The molecule has 0 spiro atoms. The van der Waals surface area contributed by atoms with Gasteiger partial charge in [0.15, 0.2) is 0 Å². The third-order valence-electron chi connectivity index (χ3n) is 5.03. The molecule has 0 aromatic heterocycles. The zero-order valence-electron chi connectivity index (χ0n) is 14.0. The minimum Gasteiger partial charge on any atom is -0.307 e. The van der Waals surface area contributed by atoms with Crippen molar-refractivity contribution >= 4 is 15.9 Å². The van der Waals surface area contributed by atoms with Crippen molar-refractivity contribution in [1.29, 1.82) is 0 Å². The van der Waals surface area contributed by atoms with Crippen LogP contribution in [0.2, 0.25) is 0 Å². The molecule has 118 valence electrons. The monoisotopic (exact) mass is 351 g/mol. The zero-order chi connectivity index (χ0) is 15.5. The van der Waals surface area contributed by atoms with Gasteiger partial charge in [-0.3, -0.25) is 0 Å². The molecule has 1 saturated carbocycles. The molecule has 1 fully saturated rings. The number of hydrogen-bond acceptors (Lipinski definition) is 1. The second-order valence-electron chi connectivity index (χ2n) is 7.71. The Labute approximate surface area is 139 Å². The summed E-state index contributed by atoms with van der Waals surface area (Å²) in [7, 11) is 0. The Morgan fingerprint density at radius 1 is 1.14 bits per heavy atom. The SMILES string of the molecule is C[C@@H](NC1CCCC(C(C)(C)C)CC1)c1cccc(Br)c1. The average molecular weight is 352 g/mol. The van der Waals surface area contributed by atoms with Gasteiger partial charge in [0.1, 0.15) is 0 Å². The van der Waals surface area contributed by atoms with Gasteiger partial charge in [-0.2, -0.15) is 0 Å². The highest BCUT2D eigenvalue weighted by molar-refractivity contribution is 9.10. The first kappa shape index (κ1) is 17.0. The highest BCUT2D eigenvalue weighted by Gasteiger charge is 2.28. The molecule has 0 saturated heterocycles. The Morgan fingerprint density at radius 2 is 1.90 bits per heavy atom. The molecule has 3 atom stereocenters. The van der Waals surface area contributed by atoms with Crippen LogP contribution in [0.4, 0.5) is 0 Å². The predicted octanol–water partition coefficient (Wildman–Crippen LogP) is 6.09. The van der Waals surface area contributed by atoms with Crippen LogP contribution in [0, 0.1) is 11.3 Å². The third-order valence-corrected chi connectivity index (χ3v) is 5.52. The van der Waals surface area contributed by atoms with Crippen molar-refractivity contribution in [1.82, 2.24) is 5.32 Å². The lowest BCUT2D eigenvalue weighted by molar-refractivity contribution is 0.213. The van der Waals surface area contributed by atoms with Gasteiger partial charge in [-0.05, 0) is 61.6 Å². The molecule has 1 nitrogen and oxygen atoms in total. The molecule has 2 heteroatoms. The van der Waals surface area contributed by atoms with Crippen LogP contribution in [0.3, 0.4) is 0 Å². The first-order valence-corrected chi connectivity index (χ1v) is 9.17. The molecule has 1 aliphatic rings. The fourth-order valence-corrected chi connectivity index (χ4v) is 3.98. The Morgan fingerprint density at radius 3 is 2.57 bits per heavy atom. The zero-order valence-corrected chi connectivity index (χ0v) is 15.5. The van der Waals surface area contributed by atoms with Crippen LogP contribution in [0.5, 0.6) is 0 Å². The lowest BCUT2D eigenvalue weighted by atomic mass is 9.76. The molecule has 2 rings (SSSR count). The Kier molecular flexibility index (Phi) is 5.90. The van der Waals surface area contributed by atoms with E-state index >= 15 is 0 Å². The van der Waals surface area contributed by atoms with Crippen LogP contribution in [0.25, 0.3) is 0 Å². The summed E-state index contributed by atoms with van der Waals surface area (Å²) in [5, 5.41) is 3.85. The van der Waals surface area contributed by atoms with E-state index in [-0.39, 0.29) is 0 Å². The van der Waals surface area contributed by atoms with Gasteiger partial charge in [-0.15, -0.1) is 0 Å². The van der Waals surface area contributed by atoms with Gasteiger partial charge in [0.2, 0.25) is 0 Å². The Balaban J connectivity index is 1.91. The van der Waals surface area contributed by atoms with E-state index in [0.717, 1.165) is 5.92 Å². The lowest BCUT2D eigenvalue weighted by Gasteiger charge is -2.30. The highest BCUT2D eigenvalue weighted by atomic mass is 79.9. The molecule has 0 aliphatic heterocycles. The summed E-state index contributed by atoms with van der Waals surface area (Å²) in [6.45, 7) is 9.48. The predicted molar refractivity (Wildman–Crippen MR) is 95.5 cm³/mol. The quantitative estimate of drug-likeness (QED) is 0.649. The lowest BCUT2D eigenvalue weighted by Crippen LogP contribution is -2.31. The van der Waals surface area contributed by atoms with Gasteiger partial charge >= 0.3 is 0 Å². The highest BCUT2D eigenvalue weighted by Crippen LogP contribution is 2.37. The molecule has 1 N–H and O–H groups in total. The molecule has 0 heterocycles. The van der Waals surface area contributed by atoms with Gasteiger partial charge in [-0.25, -0.2) is 0 Å². The Hall–Kier alpha value is -0.340. The normalized spacial score (nSPS) is 25.4. The van der Waals surface area contributed by atoms with Crippen molar-refractivity contribution < 1.29 is 0 Å². The summed E-state index contributed by atoms with van der Waals surface area (Å²) < 4.78 is 1.17. The van der Waals surface area contributed by atoms with Crippen molar-refractivity contribution in [2.45, 2.75) is 71.9 Å². The fourth-order valence-electron chi connectivity index (χ4n) is 3.56. The second-order valence-corrected chi connectivity index (χ2v) is 8.63. The van der Waals surface area contributed by atoms with Gasteiger partial charge in [0, 0.05) is 16.6 Å². The summed E-state index contributed by atoms with van der Waals surface area (Å²) in [5.41, 5.74) is 1.84. The van der Waals surface area contributed by atoms with E-state index in [9.17, 15) is 0 Å². The van der Waals surface area contributed by atoms with Crippen molar-refractivity contribution in [3.05, 3.63) is 34.3 Å². The maximum Gasteiger partial charge on any atom is 0.0294 e. The second kappa shape index (κ2) is 7.28. The molecule has 0 radical (unpaired) electrons. The van der Waals surface area contributed by atoms with Gasteiger partial charge in [0.25, 0.3) is 0 Å². The van der Waals surface area contributed by atoms with Crippen LogP contribution in [0.1, 0.15) is 71.4 Å². The summed E-state index contributed by atoms with van der Waals surface area (Å²) in [6, 6.07) is 9.77. The minimum atomic E-state index is 0.429. The maximum atomic E-state index is 3.85. The van der Waals surface area contributed by atoms with Gasteiger partial charge in [-0.1, -0.05) is 55.3 Å². The smallest absolute Gasteiger partial charge is 0.0294 e. The molecule has 0 bridgehead atoms. The van der Waals surface area contributed by atoms with E-state index in [2.05, 4.69) is 73.2 Å². The van der Waals surface area contributed by atoms with Gasteiger partial charge < -0.3 is 5.32 Å². The van der Waals surface area contributed by atoms with Crippen LogP contribution in [-0.2, 0) is 0 Å². The van der Waals surface area contributed by atoms with Crippen LogP contribution >= 0.6 is 15.9 Å². The van der Waals surface area contributed by atoms with Crippen LogP contribution < -0.4 is 5.32 Å². The third kappa shape index (κ3) is 5.10. The molecular formula is C19H30BrN. The molecule has 1 aliphatic carbocycles. The molecule has 2 unspecified atom stereocenters. The fraction of sp³-hybridized carbons (Fsp3) is 0.684. The number of nitrogens with one attached hydrogen (secondary N) is 1. The largest absolute Gasteiger partial charge is 0.307 e. The summed E-state index contributed by atoms with van der Waals surface area (Å²) in [6.07, 6.45) is 6.77. The van der Waals surface area contributed by atoms with Crippen molar-refractivity contribution in [3.63, 3.8) is 0 Å². The van der Waals surface area contributed by atoms with Crippen LogP contribution in [-0.4, -0.2) is 6.04 Å². The van der Waals surface area contributed by atoms with Crippen molar-refractivity contribution in [3.8, 4) is 0 Å². The summed E-state index contributed by atoms with van der Waals surface area (Å²) >= 11 is 3.57. The van der Waals surface area contributed by atoms with Gasteiger partial charge in [0.05, 0.1) is 0 Å². The molecular weight excluding hydrogens is 322 g/mol. The molecule has 1 aromatic rings. The van der Waals surface area contributed by atoms with E-state index in [4.69, 9.17) is 0 Å². The Bertz CT molecular complexity index is 449. The molecule has 21 heavy (non-hydrogen) atoms. The van der Waals surface area contributed by atoms with E-state index in [0.29, 0.717) is 17.5 Å². The van der Waals surface area contributed by atoms with Crippen LogP contribution in [0.15, 0.2) is 28.7 Å². The van der Waals surface area contributed by atoms with Crippen molar-refractivity contribution in [2.75, 3.05) is 0 Å². The summed E-state index contributed by atoms with van der Waals surface area (Å²) in [5.74, 6) is 0.880. The van der Waals surface area contributed by atoms with E-state index in [1.54, 1.807) is 0 Å². The van der Waals surface area contributed by atoms with E-state index in [1.165, 1.54) is 42.1 Å². The molecule has 0 amide bonds.